The fraction of sp³-hybridized carbons (Fsp3) is 0.367. The van der Waals surface area contributed by atoms with Crippen LogP contribution in [0.1, 0.15) is 32.3 Å². The van der Waals surface area contributed by atoms with Crippen LogP contribution in [0.25, 0.3) is 10.8 Å². The minimum atomic E-state index is -4.21. The Balaban J connectivity index is 1.51. The third kappa shape index (κ3) is 7.05. The standard InChI is InChI=1S/C30H36N4O5S/c1-3-34(4-2)30(37)27(19-21-9-12-25(13-10-21)32-28(35)23-15-17-31-18-16-23)29(36)33-40(38,39)26-14-11-22-7-5-6-8-24(22)20-26/h5-14,20,23,27,31H,3-4,15-19H2,1-2H3,(H,32,35)(H,33,36). The zero-order chi connectivity index (χ0) is 28.7. The second-order valence-corrected chi connectivity index (χ2v) is 11.6. The number of nitrogens with one attached hydrogen (secondary N) is 3. The monoisotopic (exact) mass is 564 g/mol. The van der Waals surface area contributed by atoms with Crippen molar-refractivity contribution < 1.29 is 22.8 Å². The zero-order valence-electron chi connectivity index (χ0n) is 22.9. The number of anilines is 1. The second-order valence-electron chi connectivity index (χ2n) is 9.96. The maximum Gasteiger partial charge on any atom is 0.264 e. The molecular weight excluding hydrogens is 528 g/mol. The summed E-state index contributed by atoms with van der Waals surface area (Å²) in [6.07, 6.45) is 1.59. The first kappa shape index (κ1) is 29.2. The predicted molar refractivity (Wildman–Crippen MR) is 155 cm³/mol. The number of hydrogen-bond acceptors (Lipinski definition) is 6. The molecular formula is C30H36N4O5S. The lowest BCUT2D eigenvalue weighted by molar-refractivity contribution is -0.141. The molecule has 3 aromatic carbocycles. The minimum absolute atomic E-state index is 0.0108. The van der Waals surface area contributed by atoms with E-state index in [0.29, 0.717) is 24.3 Å². The number of hydrogen-bond donors (Lipinski definition) is 3. The van der Waals surface area contributed by atoms with E-state index in [9.17, 15) is 22.8 Å². The van der Waals surface area contributed by atoms with Crippen molar-refractivity contribution in [2.24, 2.45) is 11.8 Å². The molecule has 0 radical (unpaired) electrons. The first-order chi connectivity index (χ1) is 19.2. The van der Waals surface area contributed by atoms with Crippen LogP contribution in [0.3, 0.4) is 0 Å². The molecule has 1 saturated heterocycles. The van der Waals surface area contributed by atoms with Gasteiger partial charge in [-0.25, -0.2) is 13.1 Å². The molecule has 3 aromatic rings. The normalized spacial score (nSPS) is 14.8. The Bertz CT molecular complexity index is 1460. The molecule has 0 bridgehead atoms. The van der Waals surface area contributed by atoms with E-state index in [1.54, 1.807) is 42.5 Å². The van der Waals surface area contributed by atoms with E-state index in [4.69, 9.17) is 0 Å². The Morgan fingerprint density at radius 1 is 0.925 bits per heavy atom. The van der Waals surface area contributed by atoms with Crippen LogP contribution in [0.2, 0.25) is 0 Å². The first-order valence-corrected chi connectivity index (χ1v) is 15.1. The third-order valence-corrected chi connectivity index (χ3v) is 8.67. The van der Waals surface area contributed by atoms with Gasteiger partial charge in [-0.05, 0) is 86.8 Å². The topological polar surface area (TPSA) is 125 Å². The SMILES string of the molecule is CCN(CC)C(=O)C(Cc1ccc(NC(=O)C2CCNCC2)cc1)C(=O)NS(=O)(=O)c1ccc2ccccc2c1. The summed E-state index contributed by atoms with van der Waals surface area (Å²) in [6, 6.07) is 18.9. The van der Waals surface area contributed by atoms with Gasteiger partial charge in [0.2, 0.25) is 17.7 Å². The van der Waals surface area contributed by atoms with Crippen LogP contribution in [0.15, 0.2) is 71.6 Å². The molecule has 1 unspecified atom stereocenters. The van der Waals surface area contributed by atoms with Gasteiger partial charge in [0, 0.05) is 24.7 Å². The average Bonchev–Trinajstić information content (AvgIpc) is 2.97. The van der Waals surface area contributed by atoms with Gasteiger partial charge in [0.1, 0.15) is 5.92 Å². The zero-order valence-corrected chi connectivity index (χ0v) is 23.7. The number of piperidine rings is 1. The molecule has 1 heterocycles. The largest absolute Gasteiger partial charge is 0.343 e. The maximum atomic E-state index is 13.4. The Hall–Kier alpha value is -3.76. The maximum absolute atomic E-state index is 13.4. The first-order valence-electron chi connectivity index (χ1n) is 13.7. The smallest absolute Gasteiger partial charge is 0.264 e. The highest BCUT2D eigenvalue weighted by Gasteiger charge is 2.33. The molecule has 0 saturated carbocycles. The third-order valence-electron chi connectivity index (χ3n) is 7.33. The van der Waals surface area contributed by atoms with Crippen LogP contribution in [0, 0.1) is 11.8 Å². The molecule has 40 heavy (non-hydrogen) atoms. The number of nitrogens with zero attached hydrogens (tertiary/aromatic N) is 1. The Morgan fingerprint density at radius 3 is 2.23 bits per heavy atom. The van der Waals surface area contributed by atoms with E-state index in [0.717, 1.165) is 36.7 Å². The molecule has 1 fully saturated rings. The summed E-state index contributed by atoms with van der Waals surface area (Å²) in [6.45, 7) is 6.02. The molecule has 4 rings (SSSR count). The summed E-state index contributed by atoms with van der Waals surface area (Å²) >= 11 is 0. The number of carbonyl (C=O) groups excluding carboxylic acids is 3. The number of benzene rings is 3. The van der Waals surface area contributed by atoms with Crippen molar-refractivity contribution in [2.75, 3.05) is 31.5 Å². The lowest BCUT2D eigenvalue weighted by Gasteiger charge is -2.25. The van der Waals surface area contributed by atoms with Crippen LogP contribution in [-0.4, -0.2) is 57.2 Å². The fourth-order valence-corrected chi connectivity index (χ4v) is 5.99. The lowest BCUT2D eigenvalue weighted by atomic mass is 9.96. The second kappa shape index (κ2) is 13.1. The van der Waals surface area contributed by atoms with Gasteiger partial charge >= 0.3 is 0 Å². The van der Waals surface area contributed by atoms with Crippen LogP contribution in [-0.2, 0) is 30.8 Å². The Morgan fingerprint density at radius 2 is 1.57 bits per heavy atom. The van der Waals surface area contributed by atoms with Gasteiger partial charge in [0.05, 0.1) is 4.90 Å². The number of rotatable bonds is 10. The van der Waals surface area contributed by atoms with Gasteiger partial charge in [0.25, 0.3) is 10.0 Å². The Labute approximate surface area is 235 Å². The van der Waals surface area contributed by atoms with E-state index in [1.807, 2.05) is 26.0 Å². The van der Waals surface area contributed by atoms with Gasteiger partial charge in [-0.1, -0.05) is 42.5 Å². The molecule has 0 spiro atoms. The molecule has 3 amide bonds. The average molecular weight is 565 g/mol. The van der Waals surface area contributed by atoms with Crippen molar-refractivity contribution in [3.8, 4) is 0 Å². The van der Waals surface area contributed by atoms with Crippen molar-refractivity contribution >= 4 is 44.2 Å². The summed E-state index contributed by atoms with van der Waals surface area (Å²) in [5.41, 5.74) is 1.30. The number of fused-ring (bicyclic) bond motifs is 1. The summed E-state index contributed by atoms with van der Waals surface area (Å²) in [4.78, 5) is 40.7. The van der Waals surface area contributed by atoms with E-state index in [-0.39, 0.29) is 23.1 Å². The molecule has 0 aliphatic carbocycles. The van der Waals surface area contributed by atoms with Gasteiger partial charge in [0.15, 0.2) is 0 Å². The van der Waals surface area contributed by atoms with Gasteiger partial charge in [-0.2, -0.15) is 0 Å². The number of amides is 3. The van der Waals surface area contributed by atoms with Crippen LogP contribution in [0.4, 0.5) is 5.69 Å². The Kier molecular flexibility index (Phi) is 9.54. The molecule has 212 valence electrons. The summed E-state index contributed by atoms with van der Waals surface area (Å²) in [5.74, 6) is -2.63. The molecule has 9 nitrogen and oxygen atoms in total. The van der Waals surface area contributed by atoms with Gasteiger partial charge in [-0.15, -0.1) is 0 Å². The fourth-order valence-electron chi connectivity index (χ4n) is 4.93. The molecule has 1 atom stereocenters. The predicted octanol–water partition coefficient (Wildman–Crippen LogP) is 3.31. The summed E-state index contributed by atoms with van der Waals surface area (Å²) in [5, 5.41) is 7.77. The summed E-state index contributed by atoms with van der Waals surface area (Å²) in [7, 11) is -4.21. The number of carbonyl (C=O) groups is 3. The van der Waals surface area contributed by atoms with Gasteiger partial charge in [-0.3, -0.25) is 14.4 Å². The quantitative estimate of drug-likeness (QED) is 0.325. The van der Waals surface area contributed by atoms with E-state index >= 15 is 0 Å². The van der Waals surface area contributed by atoms with E-state index in [2.05, 4.69) is 15.4 Å². The van der Waals surface area contributed by atoms with Crippen LogP contribution >= 0.6 is 0 Å². The van der Waals surface area contributed by atoms with Crippen molar-refractivity contribution in [3.05, 3.63) is 72.3 Å². The van der Waals surface area contributed by atoms with Gasteiger partial charge < -0.3 is 15.5 Å². The molecule has 10 heteroatoms. The highest BCUT2D eigenvalue weighted by atomic mass is 32.2. The highest BCUT2D eigenvalue weighted by Crippen LogP contribution is 2.21. The molecule has 1 aliphatic heterocycles. The van der Waals surface area contributed by atoms with E-state index in [1.165, 1.54) is 17.0 Å². The van der Waals surface area contributed by atoms with Crippen LogP contribution < -0.4 is 15.4 Å². The van der Waals surface area contributed by atoms with Crippen LogP contribution in [0.5, 0.6) is 0 Å². The van der Waals surface area contributed by atoms with E-state index < -0.39 is 27.8 Å². The van der Waals surface area contributed by atoms with Crippen molar-refractivity contribution in [1.82, 2.24) is 14.9 Å². The van der Waals surface area contributed by atoms with Crippen molar-refractivity contribution in [2.45, 2.75) is 38.0 Å². The number of sulfonamides is 1. The minimum Gasteiger partial charge on any atom is -0.343 e. The molecule has 3 N–H and O–H groups in total. The van der Waals surface area contributed by atoms with Crippen molar-refractivity contribution in [3.63, 3.8) is 0 Å². The molecule has 1 aliphatic rings. The summed E-state index contributed by atoms with van der Waals surface area (Å²) < 4.78 is 28.4. The molecule has 0 aromatic heterocycles. The lowest BCUT2D eigenvalue weighted by Crippen LogP contribution is -2.46. The highest BCUT2D eigenvalue weighted by molar-refractivity contribution is 7.90. The van der Waals surface area contributed by atoms with Crippen molar-refractivity contribution in [1.29, 1.82) is 0 Å².